The molecule has 1 aromatic heterocycles. The number of carbonyl (C=O) groups excluding carboxylic acids is 1. The molecule has 0 saturated carbocycles. The standard InChI is InChI=1S/C10H14N2O4/c1-3-4-7(10(14)15)12-9(13)8-6(2)5-11-16-8/h5,7H,3-4H2,1-2H3,(H,12,13)(H,14,15). The maximum atomic E-state index is 11.6. The van der Waals surface area contributed by atoms with Gasteiger partial charge in [-0.1, -0.05) is 18.5 Å². The van der Waals surface area contributed by atoms with Crippen molar-refractivity contribution in [2.45, 2.75) is 32.7 Å². The van der Waals surface area contributed by atoms with Gasteiger partial charge in [-0.15, -0.1) is 0 Å². The Morgan fingerprint density at radius 2 is 2.31 bits per heavy atom. The van der Waals surface area contributed by atoms with Crippen molar-refractivity contribution in [3.63, 3.8) is 0 Å². The zero-order valence-corrected chi connectivity index (χ0v) is 9.19. The van der Waals surface area contributed by atoms with Gasteiger partial charge in [-0.2, -0.15) is 0 Å². The third-order valence-corrected chi connectivity index (χ3v) is 2.14. The van der Waals surface area contributed by atoms with Crippen molar-refractivity contribution < 1.29 is 19.2 Å². The highest BCUT2D eigenvalue weighted by atomic mass is 16.5. The van der Waals surface area contributed by atoms with E-state index in [1.54, 1.807) is 6.92 Å². The number of hydrogen-bond acceptors (Lipinski definition) is 4. The molecule has 0 fully saturated rings. The van der Waals surface area contributed by atoms with Crippen LogP contribution in [0.3, 0.4) is 0 Å². The molecule has 0 aliphatic carbocycles. The van der Waals surface area contributed by atoms with Crippen LogP contribution in [0.4, 0.5) is 0 Å². The number of carbonyl (C=O) groups is 2. The van der Waals surface area contributed by atoms with E-state index < -0.39 is 17.9 Å². The lowest BCUT2D eigenvalue weighted by Crippen LogP contribution is -2.40. The van der Waals surface area contributed by atoms with Gasteiger partial charge in [-0.3, -0.25) is 4.79 Å². The van der Waals surface area contributed by atoms with Crippen molar-refractivity contribution in [3.05, 3.63) is 17.5 Å². The fraction of sp³-hybridized carbons (Fsp3) is 0.500. The molecule has 0 spiro atoms. The van der Waals surface area contributed by atoms with Crippen LogP contribution in [0, 0.1) is 6.92 Å². The summed E-state index contributed by atoms with van der Waals surface area (Å²) in [5, 5.41) is 14.7. The third-order valence-electron chi connectivity index (χ3n) is 2.14. The van der Waals surface area contributed by atoms with Gasteiger partial charge in [0.05, 0.1) is 6.20 Å². The Morgan fingerprint density at radius 1 is 1.62 bits per heavy atom. The average Bonchev–Trinajstić information content (AvgIpc) is 2.63. The summed E-state index contributed by atoms with van der Waals surface area (Å²) in [6.45, 7) is 3.52. The number of amides is 1. The van der Waals surface area contributed by atoms with Crippen molar-refractivity contribution >= 4 is 11.9 Å². The van der Waals surface area contributed by atoms with E-state index >= 15 is 0 Å². The molecule has 2 N–H and O–H groups in total. The summed E-state index contributed by atoms with van der Waals surface area (Å²) in [7, 11) is 0. The molecular formula is C10H14N2O4. The molecule has 1 aromatic rings. The summed E-state index contributed by atoms with van der Waals surface area (Å²) in [6.07, 6.45) is 2.46. The molecule has 88 valence electrons. The van der Waals surface area contributed by atoms with Gasteiger partial charge in [0, 0.05) is 5.56 Å². The monoisotopic (exact) mass is 226 g/mol. The lowest BCUT2D eigenvalue weighted by molar-refractivity contribution is -0.139. The number of hydrogen-bond donors (Lipinski definition) is 2. The third kappa shape index (κ3) is 2.82. The van der Waals surface area contributed by atoms with E-state index in [0.29, 0.717) is 18.4 Å². The van der Waals surface area contributed by atoms with Crippen LogP contribution in [0.15, 0.2) is 10.7 Å². The van der Waals surface area contributed by atoms with E-state index in [0.717, 1.165) is 0 Å². The van der Waals surface area contributed by atoms with Crippen molar-refractivity contribution in [1.29, 1.82) is 0 Å². The lowest BCUT2D eigenvalue weighted by Gasteiger charge is -2.12. The number of nitrogens with one attached hydrogen (secondary N) is 1. The van der Waals surface area contributed by atoms with Crippen molar-refractivity contribution in [2.24, 2.45) is 0 Å². The molecule has 1 rings (SSSR count). The Labute approximate surface area is 92.6 Å². The van der Waals surface area contributed by atoms with Gasteiger partial charge in [0.25, 0.3) is 5.91 Å². The molecule has 0 aliphatic heterocycles. The van der Waals surface area contributed by atoms with E-state index in [9.17, 15) is 9.59 Å². The van der Waals surface area contributed by atoms with E-state index in [1.807, 2.05) is 6.92 Å². The Balaban J connectivity index is 2.69. The van der Waals surface area contributed by atoms with Crippen LogP contribution in [-0.4, -0.2) is 28.2 Å². The number of rotatable bonds is 5. The molecule has 16 heavy (non-hydrogen) atoms. The van der Waals surface area contributed by atoms with Crippen molar-refractivity contribution in [2.75, 3.05) is 0 Å². The topological polar surface area (TPSA) is 92.4 Å². The minimum absolute atomic E-state index is 0.0577. The zero-order chi connectivity index (χ0) is 12.1. The highest BCUT2D eigenvalue weighted by molar-refractivity contribution is 5.95. The summed E-state index contributed by atoms with van der Waals surface area (Å²) in [4.78, 5) is 22.4. The van der Waals surface area contributed by atoms with Crippen LogP contribution in [-0.2, 0) is 4.79 Å². The Hall–Kier alpha value is -1.85. The molecule has 0 bridgehead atoms. The van der Waals surface area contributed by atoms with Crippen molar-refractivity contribution in [1.82, 2.24) is 10.5 Å². The van der Waals surface area contributed by atoms with Crippen LogP contribution in [0.1, 0.15) is 35.9 Å². The summed E-state index contributed by atoms with van der Waals surface area (Å²) in [6, 6.07) is -0.887. The molecule has 0 radical (unpaired) electrons. The molecule has 1 atom stereocenters. The molecule has 6 heteroatoms. The fourth-order valence-corrected chi connectivity index (χ4v) is 1.28. The zero-order valence-electron chi connectivity index (χ0n) is 9.19. The molecule has 1 unspecified atom stereocenters. The lowest BCUT2D eigenvalue weighted by atomic mass is 10.1. The first-order valence-corrected chi connectivity index (χ1v) is 5.01. The maximum Gasteiger partial charge on any atom is 0.326 e. The molecule has 6 nitrogen and oxygen atoms in total. The number of aromatic nitrogens is 1. The van der Waals surface area contributed by atoms with Gasteiger partial charge in [0.15, 0.2) is 0 Å². The number of carboxylic acids is 1. The fourth-order valence-electron chi connectivity index (χ4n) is 1.28. The van der Waals surface area contributed by atoms with Gasteiger partial charge < -0.3 is 14.9 Å². The van der Waals surface area contributed by atoms with E-state index in [1.165, 1.54) is 6.20 Å². The molecular weight excluding hydrogens is 212 g/mol. The van der Waals surface area contributed by atoms with Crippen LogP contribution in [0.5, 0.6) is 0 Å². The molecule has 1 amide bonds. The summed E-state index contributed by atoms with van der Waals surface area (Å²) in [5.41, 5.74) is 0.582. The Kier molecular flexibility index (Phi) is 4.04. The number of aliphatic carboxylic acids is 1. The van der Waals surface area contributed by atoms with Crippen LogP contribution in [0.25, 0.3) is 0 Å². The molecule has 1 heterocycles. The Bertz CT molecular complexity index is 386. The quantitative estimate of drug-likeness (QED) is 0.780. The predicted molar refractivity (Wildman–Crippen MR) is 55.0 cm³/mol. The van der Waals surface area contributed by atoms with Gasteiger partial charge in [-0.05, 0) is 13.3 Å². The summed E-state index contributed by atoms with van der Waals surface area (Å²) < 4.78 is 4.73. The van der Waals surface area contributed by atoms with Gasteiger partial charge in [0.2, 0.25) is 5.76 Å². The second-order valence-electron chi connectivity index (χ2n) is 3.49. The highest BCUT2D eigenvalue weighted by Gasteiger charge is 2.22. The average molecular weight is 226 g/mol. The number of carboxylic acid groups (broad SMARTS) is 1. The van der Waals surface area contributed by atoms with Crippen LogP contribution < -0.4 is 5.32 Å². The Morgan fingerprint density at radius 3 is 2.75 bits per heavy atom. The normalized spacial score (nSPS) is 12.1. The van der Waals surface area contributed by atoms with Gasteiger partial charge in [-0.25, -0.2) is 4.79 Å². The first-order chi connectivity index (χ1) is 7.56. The second kappa shape index (κ2) is 5.29. The first kappa shape index (κ1) is 12.2. The minimum Gasteiger partial charge on any atom is -0.480 e. The van der Waals surface area contributed by atoms with Crippen molar-refractivity contribution in [3.8, 4) is 0 Å². The van der Waals surface area contributed by atoms with Gasteiger partial charge in [0.1, 0.15) is 6.04 Å². The van der Waals surface area contributed by atoms with E-state index in [-0.39, 0.29) is 5.76 Å². The summed E-state index contributed by atoms with van der Waals surface area (Å²) in [5.74, 6) is -1.54. The maximum absolute atomic E-state index is 11.6. The van der Waals surface area contributed by atoms with Crippen LogP contribution in [0.2, 0.25) is 0 Å². The molecule has 0 saturated heterocycles. The largest absolute Gasteiger partial charge is 0.480 e. The summed E-state index contributed by atoms with van der Waals surface area (Å²) >= 11 is 0. The smallest absolute Gasteiger partial charge is 0.326 e. The van der Waals surface area contributed by atoms with Crippen LogP contribution >= 0.6 is 0 Å². The minimum atomic E-state index is -1.05. The number of aryl methyl sites for hydroxylation is 1. The van der Waals surface area contributed by atoms with E-state index in [4.69, 9.17) is 9.63 Å². The highest BCUT2D eigenvalue weighted by Crippen LogP contribution is 2.07. The van der Waals surface area contributed by atoms with E-state index in [2.05, 4.69) is 10.5 Å². The van der Waals surface area contributed by atoms with Gasteiger partial charge >= 0.3 is 5.97 Å². The predicted octanol–water partition coefficient (Wildman–Crippen LogP) is 0.966. The molecule has 0 aromatic carbocycles. The number of nitrogens with zero attached hydrogens (tertiary/aromatic N) is 1. The molecule has 0 aliphatic rings. The SMILES string of the molecule is CCCC(NC(=O)c1oncc1C)C(=O)O. The second-order valence-corrected chi connectivity index (χ2v) is 3.49. The first-order valence-electron chi connectivity index (χ1n) is 5.01.